The summed E-state index contributed by atoms with van der Waals surface area (Å²) in [5, 5.41) is 10.3. The van der Waals surface area contributed by atoms with Gasteiger partial charge in [-0.1, -0.05) is 11.6 Å². The second kappa shape index (κ2) is 4.75. The summed E-state index contributed by atoms with van der Waals surface area (Å²) in [5.74, 6) is 1.99. The lowest BCUT2D eigenvalue weighted by molar-refractivity contribution is 0.267. The highest BCUT2D eigenvalue weighted by Gasteiger charge is 2.36. The predicted octanol–water partition coefficient (Wildman–Crippen LogP) is 3.99. The van der Waals surface area contributed by atoms with E-state index in [0.717, 1.165) is 10.6 Å². The second-order valence-corrected chi connectivity index (χ2v) is 5.70. The molecule has 0 bridgehead atoms. The van der Waals surface area contributed by atoms with Crippen LogP contribution in [0.3, 0.4) is 0 Å². The molecule has 1 aromatic carbocycles. The normalized spacial score (nSPS) is 19.1. The fraction of sp³-hybridized carbons (Fsp3) is 0.600. The monoisotopic (exact) mass is 266 g/mol. The van der Waals surface area contributed by atoms with Crippen molar-refractivity contribution in [2.75, 3.05) is 6.61 Å². The van der Waals surface area contributed by atoms with Crippen LogP contribution in [-0.4, -0.2) is 11.7 Å². The van der Waals surface area contributed by atoms with Crippen LogP contribution >= 0.6 is 11.6 Å². The molecule has 2 aliphatic carbocycles. The molecule has 0 spiro atoms. The van der Waals surface area contributed by atoms with Crippen molar-refractivity contribution >= 4 is 11.6 Å². The molecule has 0 unspecified atom stereocenters. The van der Waals surface area contributed by atoms with Crippen molar-refractivity contribution in [1.29, 1.82) is 0 Å². The van der Waals surface area contributed by atoms with E-state index in [1.165, 1.54) is 36.8 Å². The highest BCUT2D eigenvalue weighted by atomic mass is 35.5. The minimum Gasteiger partial charge on any atom is -0.492 e. The number of hydrogen-bond acceptors (Lipinski definition) is 2. The smallest absolute Gasteiger partial charge is 0.143 e. The molecule has 98 valence electrons. The van der Waals surface area contributed by atoms with Crippen LogP contribution in [0.15, 0.2) is 6.07 Å². The van der Waals surface area contributed by atoms with E-state index in [9.17, 15) is 5.11 Å². The Kier molecular flexibility index (Phi) is 3.25. The minimum absolute atomic E-state index is 0.000278. The molecule has 3 rings (SSSR count). The summed E-state index contributed by atoms with van der Waals surface area (Å²) >= 11 is 6.55. The van der Waals surface area contributed by atoms with Crippen molar-refractivity contribution in [3.05, 3.63) is 27.8 Å². The number of halogens is 1. The standard InChI is InChI=1S/C15H19ClO2/c1-2-18-15-11(8-17)7-12(9-3-4-9)13(14(15)16)10-5-6-10/h7,9-10,17H,2-6,8H2,1H3. The van der Waals surface area contributed by atoms with Crippen molar-refractivity contribution in [3.8, 4) is 5.75 Å². The summed E-state index contributed by atoms with van der Waals surface area (Å²) < 4.78 is 5.64. The van der Waals surface area contributed by atoms with Crippen LogP contribution in [0.25, 0.3) is 0 Å². The van der Waals surface area contributed by atoms with Gasteiger partial charge in [-0.2, -0.15) is 0 Å². The first kappa shape index (κ1) is 12.3. The molecule has 0 saturated heterocycles. The van der Waals surface area contributed by atoms with Gasteiger partial charge in [0.2, 0.25) is 0 Å². The summed E-state index contributed by atoms with van der Waals surface area (Å²) in [7, 11) is 0. The van der Waals surface area contributed by atoms with Gasteiger partial charge in [-0.25, -0.2) is 0 Å². The summed E-state index contributed by atoms with van der Waals surface area (Å²) in [6.45, 7) is 2.53. The molecule has 0 radical (unpaired) electrons. The van der Waals surface area contributed by atoms with E-state index in [1.54, 1.807) is 0 Å². The van der Waals surface area contributed by atoms with Crippen LogP contribution in [0.5, 0.6) is 5.75 Å². The van der Waals surface area contributed by atoms with Gasteiger partial charge < -0.3 is 9.84 Å². The van der Waals surface area contributed by atoms with Gasteiger partial charge in [0, 0.05) is 5.56 Å². The van der Waals surface area contributed by atoms with Crippen LogP contribution in [0.2, 0.25) is 5.02 Å². The first-order chi connectivity index (χ1) is 8.76. The molecule has 0 amide bonds. The molecule has 0 heterocycles. The maximum Gasteiger partial charge on any atom is 0.143 e. The molecular weight excluding hydrogens is 248 g/mol. The molecule has 2 nitrogen and oxygen atoms in total. The Morgan fingerprint density at radius 1 is 1.28 bits per heavy atom. The van der Waals surface area contributed by atoms with E-state index in [0.29, 0.717) is 24.2 Å². The third-order valence-corrected chi connectivity index (χ3v) is 4.21. The predicted molar refractivity (Wildman–Crippen MR) is 72.5 cm³/mol. The highest BCUT2D eigenvalue weighted by molar-refractivity contribution is 6.33. The SMILES string of the molecule is CCOc1c(CO)cc(C2CC2)c(C2CC2)c1Cl. The molecule has 2 aliphatic rings. The van der Waals surface area contributed by atoms with Crippen molar-refractivity contribution in [1.82, 2.24) is 0 Å². The van der Waals surface area contributed by atoms with E-state index in [2.05, 4.69) is 6.07 Å². The Labute approximate surface area is 113 Å². The quantitative estimate of drug-likeness (QED) is 0.873. The first-order valence-corrected chi connectivity index (χ1v) is 7.22. The molecule has 3 heteroatoms. The van der Waals surface area contributed by atoms with Gasteiger partial charge in [-0.05, 0) is 61.6 Å². The fourth-order valence-corrected chi connectivity index (χ4v) is 3.10. The molecule has 0 aromatic heterocycles. The maximum absolute atomic E-state index is 9.50. The molecule has 0 atom stereocenters. The zero-order valence-electron chi connectivity index (χ0n) is 10.7. The highest BCUT2D eigenvalue weighted by Crippen LogP contribution is 2.54. The van der Waals surface area contributed by atoms with Gasteiger partial charge in [0.1, 0.15) is 5.75 Å². The lowest BCUT2D eigenvalue weighted by Crippen LogP contribution is -2.03. The van der Waals surface area contributed by atoms with Crippen molar-refractivity contribution < 1.29 is 9.84 Å². The van der Waals surface area contributed by atoms with Crippen LogP contribution in [0.1, 0.15) is 61.1 Å². The molecule has 18 heavy (non-hydrogen) atoms. The number of aliphatic hydroxyl groups excluding tert-OH is 1. The molecule has 1 N–H and O–H groups in total. The van der Waals surface area contributed by atoms with Gasteiger partial charge >= 0.3 is 0 Å². The summed E-state index contributed by atoms with van der Waals surface area (Å²) in [6, 6.07) is 2.13. The Hall–Kier alpha value is -0.730. The van der Waals surface area contributed by atoms with E-state index in [4.69, 9.17) is 16.3 Å². The van der Waals surface area contributed by atoms with Gasteiger partial charge in [-0.3, -0.25) is 0 Å². The van der Waals surface area contributed by atoms with Crippen molar-refractivity contribution in [3.63, 3.8) is 0 Å². The van der Waals surface area contributed by atoms with E-state index in [-0.39, 0.29) is 6.61 Å². The largest absolute Gasteiger partial charge is 0.492 e. The molecule has 2 saturated carbocycles. The molecular formula is C15H19ClO2. The van der Waals surface area contributed by atoms with Crippen LogP contribution in [0.4, 0.5) is 0 Å². The third kappa shape index (κ3) is 2.12. The fourth-order valence-electron chi connectivity index (χ4n) is 2.66. The van der Waals surface area contributed by atoms with Gasteiger partial charge in [0.05, 0.1) is 18.2 Å². The summed E-state index contributed by atoms with van der Waals surface area (Å²) in [4.78, 5) is 0. The van der Waals surface area contributed by atoms with E-state index < -0.39 is 0 Å². The lowest BCUT2D eigenvalue weighted by Gasteiger charge is -2.18. The van der Waals surface area contributed by atoms with Gasteiger partial charge in [0.25, 0.3) is 0 Å². The summed E-state index contributed by atoms with van der Waals surface area (Å²) in [5.41, 5.74) is 3.52. The van der Waals surface area contributed by atoms with Crippen LogP contribution in [0, 0.1) is 0 Å². The van der Waals surface area contributed by atoms with Crippen molar-refractivity contribution in [2.45, 2.75) is 51.0 Å². The third-order valence-electron chi connectivity index (χ3n) is 3.83. The Balaban J connectivity index is 2.11. The minimum atomic E-state index is -0.000278. The maximum atomic E-state index is 9.50. The first-order valence-electron chi connectivity index (χ1n) is 6.85. The Morgan fingerprint density at radius 2 is 1.94 bits per heavy atom. The Bertz CT molecular complexity index is 462. The lowest BCUT2D eigenvalue weighted by atomic mass is 9.96. The topological polar surface area (TPSA) is 29.5 Å². The zero-order valence-corrected chi connectivity index (χ0v) is 11.5. The molecule has 1 aromatic rings. The number of benzene rings is 1. The zero-order chi connectivity index (χ0) is 12.7. The van der Waals surface area contributed by atoms with E-state index in [1.807, 2.05) is 6.92 Å². The molecule has 2 fully saturated rings. The number of hydrogen-bond donors (Lipinski definition) is 1. The number of rotatable bonds is 5. The van der Waals surface area contributed by atoms with Gasteiger partial charge in [0.15, 0.2) is 0 Å². The number of ether oxygens (including phenoxy) is 1. The number of aliphatic hydroxyl groups is 1. The average molecular weight is 267 g/mol. The van der Waals surface area contributed by atoms with Gasteiger partial charge in [-0.15, -0.1) is 0 Å². The van der Waals surface area contributed by atoms with Crippen LogP contribution in [-0.2, 0) is 6.61 Å². The summed E-state index contributed by atoms with van der Waals surface area (Å²) in [6.07, 6.45) is 5.00. The van der Waals surface area contributed by atoms with Crippen LogP contribution < -0.4 is 4.74 Å². The second-order valence-electron chi connectivity index (χ2n) is 5.32. The van der Waals surface area contributed by atoms with Crippen molar-refractivity contribution in [2.24, 2.45) is 0 Å². The Morgan fingerprint density at radius 3 is 2.44 bits per heavy atom. The average Bonchev–Trinajstić information content (AvgIpc) is 3.23. The van der Waals surface area contributed by atoms with E-state index >= 15 is 0 Å². The molecule has 0 aliphatic heterocycles.